The predicted molar refractivity (Wildman–Crippen MR) is 57.9 cm³/mol. The Bertz CT molecular complexity index is 326. The Hall–Kier alpha value is -1.26. The summed E-state index contributed by atoms with van der Waals surface area (Å²) in [5.74, 6) is 0.481. The van der Waals surface area contributed by atoms with Crippen LogP contribution < -0.4 is 10.5 Å². The molecule has 0 spiro atoms. The lowest BCUT2D eigenvalue weighted by atomic mass is 10.1. The number of aromatic hydroxyl groups is 1. The summed E-state index contributed by atoms with van der Waals surface area (Å²) < 4.78 is 5.47. The molecule has 0 saturated carbocycles. The van der Waals surface area contributed by atoms with Gasteiger partial charge in [-0.25, -0.2) is 0 Å². The van der Waals surface area contributed by atoms with E-state index in [-0.39, 0.29) is 18.4 Å². The summed E-state index contributed by atoms with van der Waals surface area (Å²) in [6.45, 7) is 3.80. The van der Waals surface area contributed by atoms with Crippen molar-refractivity contribution in [2.75, 3.05) is 6.54 Å². The Kier molecular flexibility index (Phi) is 3.94. The second-order valence-corrected chi connectivity index (χ2v) is 3.61. The van der Waals surface area contributed by atoms with Gasteiger partial charge in [-0.1, -0.05) is 6.07 Å². The molecule has 0 bridgehead atoms. The van der Waals surface area contributed by atoms with Crippen molar-refractivity contribution >= 4 is 0 Å². The van der Waals surface area contributed by atoms with E-state index >= 15 is 0 Å². The molecule has 0 fully saturated rings. The molecule has 0 radical (unpaired) electrons. The van der Waals surface area contributed by atoms with Crippen LogP contribution in [0, 0.1) is 0 Å². The average molecular weight is 211 g/mol. The molecular weight excluding hydrogens is 194 g/mol. The van der Waals surface area contributed by atoms with Crippen LogP contribution in [0.5, 0.6) is 11.5 Å². The molecule has 0 amide bonds. The van der Waals surface area contributed by atoms with E-state index in [1.165, 1.54) is 6.07 Å². The highest BCUT2D eigenvalue weighted by Crippen LogP contribution is 2.33. The minimum atomic E-state index is -0.903. The molecule has 0 aliphatic carbocycles. The van der Waals surface area contributed by atoms with Crippen molar-refractivity contribution < 1.29 is 14.9 Å². The van der Waals surface area contributed by atoms with E-state index in [0.29, 0.717) is 11.3 Å². The molecule has 0 aromatic heterocycles. The number of hydrogen-bond acceptors (Lipinski definition) is 4. The molecule has 0 aliphatic heterocycles. The van der Waals surface area contributed by atoms with E-state index in [1.54, 1.807) is 12.1 Å². The van der Waals surface area contributed by atoms with Gasteiger partial charge in [0.05, 0.1) is 17.8 Å². The Morgan fingerprint density at radius 2 is 2.07 bits per heavy atom. The number of hydrogen-bond donors (Lipinski definition) is 3. The van der Waals surface area contributed by atoms with E-state index < -0.39 is 6.10 Å². The van der Waals surface area contributed by atoms with Crippen LogP contribution in [0.25, 0.3) is 0 Å². The van der Waals surface area contributed by atoms with Crippen LogP contribution in [0.1, 0.15) is 25.5 Å². The standard InChI is InChI=1S/C11H17NO3/c1-7(2)15-10-5-3-4-8(13)11(10)9(14)6-12/h3-5,7,9,13-14H,6,12H2,1-2H3. The van der Waals surface area contributed by atoms with Crippen LogP contribution in [0.4, 0.5) is 0 Å². The number of aliphatic hydroxyl groups is 1. The molecule has 4 N–H and O–H groups in total. The van der Waals surface area contributed by atoms with E-state index in [0.717, 1.165) is 0 Å². The smallest absolute Gasteiger partial charge is 0.129 e. The monoisotopic (exact) mass is 211 g/mol. The highest BCUT2D eigenvalue weighted by molar-refractivity contribution is 5.45. The molecule has 0 aliphatic rings. The van der Waals surface area contributed by atoms with Crippen molar-refractivity contribution in [2.24, 2.45) is 5.73 Å². The van der Waals surface area contributed by atoms with Crippen LogP contribution >= 0.6 is 0 Å². The number of ether oxygens (including phenoxy) is 1. The summed E-state index contributed by atoms with van der Waals surface area (Å²) in [6.07, 6.45) is -0.921. The van der Waals surface area contributed by atoms with Crippen molar-refractivity contribution in [1.82, 2.24) is 0 Å². The molecule has 0 heterocycles. The zero-order valence-corrected chi connectivity index (χ0v) is 8.97. The van der Waals surface area contributed by atoms with Gasteiger partial charge >= 0.3 is 0 Å². The largest absolute Gasteiger partial charge is 0.507 e. The van der Waals surface area contributed by atoms with Crippen LogP contribution in [-0.2, 0) is 0 Å². The second-order valence-electron chi connectivity index (χ2n) is 3.61. The van der Waals surface area contributed by atoms with E-state index in [1.807, 2.05) is 13.8 Å². The Balaban J connectivity index is 3.08. The minimum absolute atomic E-state index is 0.00565. The van der Waals surface area contributed by atoms with Gasteiger partial charge < -0.3 is 20.7 Å². The highest BCUT2D eigenvalue weighted by atomic mass is 16.5. The summed E-state index contributed by atoms with van der Waals surface area (Å²) in [7, 11) is 0. The Morgan fingerprint density at radius 1 is 1.40 bits per heavy atom. The molecule has 84 valence electrons. The summed E-state index contributed by atoms with van der Waals surface area (Å²) in [5, 5.41) is 19.2. The fourth-order valence-corrected chi connectivity index (χ4v) is 1.34. The molecule has 1 aromatic rings. The first-order valence-electron chi connectivity index (χ1n) is 4.93. The molecule has 1 unspecified atom stereocenters. The minimum Gasteiger partial charge on any atom is -0.507 e. The Labute approximate surface area is 89.3 Å². The van der Waals surface area contributed by atoms with Crippen LogP contribution in [0.2, 0.25) is 0 Å². The molecule has 15 heavy (non-hydrogen) atoms. The summed E-state index contributed by atoms with van der Waals surface area (Å²) in [6, 6.07) is 4.87. The summed E-state index contributed by atoms with van der Waals surface area (Å²) in [4.78, 5) is 0. The number of phenolic OH excluding ortho intramolecular Hbond substituents is 1. The summed E-state index contributed by atoms with van der Waals surface area (Å²) in [5.41, 5.74) is 5.71. The van der Waals surface area contributed by atoms with Crippen molar-refractivity contribution in [3.63, 3.8) is 0 Å². The third kappa shape index (κ3) is 2.84. The third-order valence-corrected chi connectivity index (χ3v) is 1.96. The zero-order chi connectivity index (χ0) is 11.4. The fraction of sp³-hybridized carbons (Fsp3) is 0.455. The van der Waals surface area contributed by atoms with E-state index in [4.69, 9.17) is 10.5 Å². The first-order chi connectivity index (χ1) is 7.06. The Morgan fingerprint density at radius 3 is 2.60 bits per heavy atom. The molecule has 1 atom stereocenters. The molecule has 0 saturated heterocycles. The van der Waals surface area contributed by atoms with Gasteiger partial charge in [0.25, 0.3) is 0 Å². The maximum atomic E-state index is 9.64. The third-order valence-electron chi connectivity index (χ3n) is 1.96. The van der Waals surface area contributed by atoms with Gasteiger partial charge in [-0.15, -0.1) is 0 Å². The van der Waals surface area contributed by atoms with Crippen molar-refractivity contribution in [1.29, 1.82) is 0 Å². The fourth-order valence-electron chi connectivity index (χ4n) is 1.34. The first kappa shape index (κ1) is 11.8. The van der Waals surface area contributed by atoms with Gasteiger partial charge in [-0.05, 0) is 26.0 Å². The number of phenols is 1. The lowest BCUT2D eigenvalue weighted by Crippen LogP contribution is -2.15. The van der Waals surface area contributed by atoms with E-state index in [9.17, 15) is 10.2 Å². The van der Waals surface area contributed by atoms with Gasteiger partial charge in [0.15, 0.2) is 0 Å². The first-order valence-corrected chi connectivity index (χ1v) is 4.93. The second kappa shape index (κ2) is 5.00. The van der Waals surface area contributed by atoms with E-state index in [2.05, 4.69) is 0 Å². The predicted octanol–water partition coefficient (Wildman–Crippen LogP) is 1.17. The van der Waals surface area contributed by atoms with Crippen LogP contribution in [0.15, 0.2) is 18.2 Å². The molecule has 4 nitrogen and oxygen atoms in total. The number of rotatable bonds is 4. The summed E-state index contributed by atoms with van der Waals surface area (Å²) >= 11 is 0. The SMILES string of the molecule is CC(C)Oc1cccc(O)c1C(O)CN. The van der Waals surface area contributed by atoms with Gasteiger partial charge in [0.2, 0.25) is 0 Å². The van der Waals surface area contributed by atoms with Crippen LogP contribution in [0.3, 0.4) is 0 Å². The van der Waals surface area contributed by atoms with Gasteiger partial charge in [-0.2, -0.15) is 0 Å². The van der Waals surface area contributed by atoms with Gasteiger partial charge in [0, 0.05) is 6.54 Å². The highest BCUT2D eigenvalue weighted by Gasteiger charge is 2.17. The maximum absolute atomic E-state index is 9.64. The number of nitrogens with two attached hydrogens (primary N) is 1. The maximum Gasteiger partial charge on any atom is 0.129 e. The lowest BCUT2D eigenvalue weighted by molar-refractivity contribution is 0.168. The normalized spacial score (nSPS) is 12.9. The van der Waals surface area contributed by atoms with Gasteiger partial charge in [-0.3, -0.25) is 0 Å². The van der Waals surface area contributed by atoms with Crippen LogP contribution in [-0.4, -0.2) is 22.9 Å². The number of aliphatic hydroxyl groups excluding tert-OH is 1. The van der Waals surface area contributed by atoms with Gasteiger partial charge in [0.1, 0.15) is 11.5 Å². The molecule has 4 heteroatoms. The zero-order valence-electron chi connectivity index (χ0n) is 8.97. The lowest BCUT2D eigenvalue weighted by Gasteiger charge is -2.18. The van der Waals surface area contributed by atoms with Crippen molar-refractivity contribution in [2.45, 2.75) is 26.1 Å². The average Bonchev–Trinajstić information content (AvgIpc) is 2.16. The topological polar surface area (TPSA) is 75.7 Å². The quantitative estimate of drug-likeness (QED) is 0.698. The van der Waals surface area contributed by atoms with Crippen molar-refractivity contribution in [3.8, 4) is 11.5 Å². The molecule has 1 aromatic carbocycles. The molecule has 1 rings (SSSR count). The van der Waals surface area contributed by atoms with Crippen molar-refractivity contribution in [3.05, 3.63) is 23.8 Å². The molecular formula is C11H17NO3. The number of benzene rings is 1.